The molecule has 2 aromatic heterocycles. The number of benzene rings is 10. The Balaban J connectivity index is 1.05. The minimum Gasteiger partial charge on any atom is -0.309 e. The van der Waals surface area contributed by atoms with Gasteiger partial charge in [0.15, 0.2) is 0 Å². The molecule has 0 saturated heterocycles. The van der Waals surface area contributed by atoms with Crippen molar-refractivity contribution in [1.82, 2.24) is 0 Å². The Morgan fingerprint density at radius 3 is 1.42 bits per heavy atom. The lowest BCUT2D eigenvalue weighted by Gasteiger charge is -2.33. The Labute approximate surface area is 385 Å². The van der Waals surface area contributed by atoms with E-state index in [-0.39, 0.29) is 0 Å². The quantitative estimate of drug-likeness (QED) is 0.164. The van der Waals surface area contributed by atoms with E-state index in [2.05, 4.69) is 240 Å². The van der Waals surface area contributed by atoms with Crippen LogP contribution >= 0.6 is 22.7 Å². The molecular formula is C61H38N2S2. The van der Waals surface area contributed by atoms with Crippen LogP contribution in [0.5, 0.6) is 0 Å². The van der Waals surface area contributed by atoms with E-state index in [0.717, 1.165) is 17.1 Å². The molecule has 2 aliphatic carbocycles. The smallest absolute Gasteiger partial charge is 0.0727 e. The van der Waals surface area contributed by atoms with E-state index in [0.29, 0.717) is 0 Å². The first kappa shape index (κ1) is 36.7. The van der Waals surface area contributed by atoms with Crippen molar-refractivity contribution in [2.24, 2.45) is 0 Å². The number of hydrogen-bond donors (Lipinski definition) is 0. The van der Waals surface area contributed by atoms with E-state index < -0.39 is 5.41 Å². The second kappa shape index (κ2) is 14.1. The minimum atomic E-state index is -0.568. The first-order valence-corrected chi connectivity index (χ1v) is 23.9. The highest BCUT2D eigenvalue weighted by atomic mass is 32.1. The summed E-state index contributed by atoms with van der Waals surface area (Å²) in [4.78, 5) is 5.00. The second-order valence-corrected chi connectivity index (χ2v) is 19.2. The van der Waals surface area contributed by atoms with Gasteiger partial charge in [-0.1, -0.05) is 164 Å². The normalized spacial score (nSPS) is 14.5. The Morgan fingerprint density at radius 1 is 0.292 bits per heavy atom. The molecule has 12 aromatic rings. The minimum absolute atomic E-state index is 0.568. The number of para-hydroxylation sites is 2. The van der Waals surface area contributed by atoms with Crippen LogP contribution in [0.3, 0.4) is 0 Å². The molecule has 2 aliphatic rings. The van der Waals surface area contributed by atoms with Gasteiger partial charge in [0.05, 0.1) is 31.9 Å². The summed E-state index contributed by atoms with van der Waals surface area (Å²) in [5, 5.41) is 5.17. The van der Waals surface area contributed by atoms with Crippen LogP contribution < -0.4 is 9.80 Å². The molecule has 0 N–H and O–H groups in total. The molecule has 2 heterocycles. The fourth-order valence-corrected chi connectivity index (χ4v) is 13.7. The van der Waals surface area contributed by atoms with Crippen molar-refractivity contribution in [3.63, 3.8) is 0 Å². The first-order valence-electron chi connectivity index (χ1n) is 22.3. The monoisotopic (exact) mass is 862 g/mol. The molecule has 0 fully saturated rings. The second-order valence-electron chi connectivity index (χ2n) is 17.1. The largest absolute Gasteiger partial charge is 0.309 e. The van der Waals surface area contributed by atoms with Crippen molar-refractivity contribution >= 4 is 97.1 Å². The first-order chi connectivity index (χ1) is 32.3. The van der Waals surface area contributed by atoms with Crippen LogP contribution in [-0.4, -0.2) is 0 Å². The van der Waals surface area contributed by atoms with Crippen LogP contribution in [0.4, 0.5) is 34.1 Å². The van der Waals surface area contributed by atoms with Crippen molar-refractivity contribution in [1.29, 1.82) is 0 Å². The molecule has 4 heteroatoms. The van der Waals surface area contributed by atoms with Crippen LogP contribution in [0.2, 0.25) is 0 Å². The summed E-state index contributed by atoms with van der Waals surface area (Å²) in [5.74, 6) is 0. The van der Waals surface area contributed by atoms with E-state index in [4.69, 9.17) is 0 Å². The van der Waals surface area contributed by atoms with Crippen molar-refractivity contribution < 1.29 is 0 Å². The molecule has 0 radical (unpaired) electrons. The van der Waals surface area contributed by atoms with Gasteiger partial charge in [-0.05, 0) is 106 Å². The number of fused-ring (bicyclic) bond motifs is 16. The standard InChI is InChI=1S/C61H38N2S2/c1-3-18-39(19-4-1)62(54-32-15-26-46-44-23-9-13-34-56(44)64-59(46)54)41-36-37-43-42-22-7-11-28-49(42)61(52(43)38-41)50-29-12-8-25-48(50)58-51(61)30-17-31-53(58)63(40-20-5-2-6-21-40)55-33-16-27-47-45-24-10-14-35-57(45)65-60(47)55/h1-38H. The maximum atomic E-state index is 2.52. The topological polar surface area (TPSA) is 6.48 Å². The zero-order valence-electron chi connectivity index (χ0n) is 35.2. The molecule has 65 heavy (non-hydrogen) atoms. The highest BCUT2D eigenvalue weighted by Crippen LogP contribution is 2.65. The summed E-state index contributed by atoms with van der Waals surface area (Å²) in [6.45, 7) is 0. The summed E-state index contributed by atoms with van der Waals surface area (Å²) >= 11 is 3.76. The molecule has 1 spiro atoms. The molecule has 0 amide bonds. The van der Waals surface area contributed by atoms with Crippen LogP contribution in [0, 0.1) is 0 Å². The van der Waals surface area contributed by atoms with Gasteiger partial charge in [-0.3, -0.25) is 0 Å². The zero-order chi connectivity index (χ0) is 42.6. The summed E-state index contributed by atoms with van der Waals surface area (Å²) in [7, 11) is 0. The molecule has 304 valence electrons. The van der Waals surface area contributed by atoms with E-state index in [1.54, 1.807) is 0 Å². The van der Waals surface area contributed by atoms with Gasteiger partial charge in [-0.15, -0.1) is 22.7 Å². The van der Waals surface area contributed by atoms with Crippen molar-refractivity contribution in [3.05, 3.63) is 253 Å². The Kier molecular flexibility index (Phi) is 7.97. The van der Waals surface area contributed by atoms with Gasteiger partial charge >= 0.3 is 0 Å². The summed E-state index contributed by atoms with van der Waals surface area (Å²) in [6.07, 6.45) is 0. The lowest BCUT2D eigenvalue weighted by Crippen LogP contribution is -2.26. The average Bonchev–Trinajstić information content (AvgIpc) is 4.11. The van der Waals surface area contributed by atoms with Crippen LogP contribution in [0.1, 0.15) is 22.3 Å². The number of hydrogen-bond acceptors (Lipinski definition) is 4. The lowest BCUT2D eigenvalue weighted by molar-refractivity contribution is 0.793. The van der Waals surface area contributed by atoms with Gasteiger partial charge in [-0.2, -0.15) is 0 Å². The van der Waals surface area contributed by atoms with Crippen LogP contribution in [-0.2, 0) is 5.41 Å². The molecule has 2 nitrogen and oxygen atoms in total. The summed E-state index contributed by atoms with van der Waals surface area (Å²) in [5.41, 5.74) is 16.7. The third kappa shape index (κ3) is 5.15. The van der Waals surface area contributed by atoms with E-state index >= 15 is 0 Å². The Morgan fingerprint density at radius 2 is 0.754 bits per heavy atom. The lowest BCUT2D eigenvalue weighted by atomic mass is 9.70. The number of thiophene rings is 2. The SMILES string of the molecule is c1ccc(N(c2ccc3c(c2)C2(c4ccccc4-3)c3ccccc3-c3c(N(c4ccccc4)c4cccc5c4sc4ccccc45)cccc32)c2cccc3c2sc2ccccc23)cc1. The molecule has 1 unspecified atom stereocenters. The van der Waals surface area contributed by atoms with E-state index in [1.165, 1.54) is 102 Å². The summed E-state index contributed by atoms with van der Waals surface area (Å²) in [6, 6.07) is 85.7. The van der Waals surface area contributed by atoms with Gasteiger partial charge in [0.25, 0.3) is 0 Å². The zero-order valence-corrected chi connectivity index (χ0v) is 36.8. The van der Waals surface area contributed by atoms with Crippen molar-refractivity contribution in [3.8, 4) is 22.3 Å². The predicted molar refractivity (Wildman–Crippen MR) is 278 cm³/mol. The van der Waals surface area contributed by atoms with E-state index in [1.807, 2.05) is 22.7 Å². The highest BCUT2D eigenvalue weighted by molar-refractivity contribution is 7.26. The summed E-state index contributed by atoms with van der Waals surface area (Å²) < 4.78 is 5.17. The fraction of sp³-hybridized carbons (Fsp3) is 0.0164. The molecule has 0 saturated carbocycles. The van der Waals surface area contributed by atoms with Gasteiger partial charge in [0.2, 0.25) is 0 Å². The van der Waals surface area contributed by atoms with Crippen molar-refractivity contribution in [2.75, 3.05) is 9.80 Å². The van der Waals surface area contributed by atoms with Gasteiger partial charge in [-0.25, -0.2) is 0 Å². The number of anilines is 6. The molecule has 10 aromatic carbocycles. The van der Waals surface area contributed by atoms with E-state index in [9.17, 15) is 0 Å². The fourth-order valence-electron chi connectivity index (χ4n) is 11.3. The molecular weight excluding hydrogens is 825 g/mol. The van der Waals surface area contributed by atoms with Crippen molar-refractivity contribution in [2.45, 2.75) is 5.41 Å². The number of rotatable bonds is 6. The van der Waals surface area contributed by atoms with Crippen LogP contribution in [0.15, 0.2) is 231 Å². The maximum Gasteiger partial charge on any atom is 0.0727 e. The third-order valence-electron chi connectivity index (χ3n) is 13.9. The van der Waals surface area contributed by atoms with Gasteiger partial charge in [0.1, 0.15) is 0 Å². The average molecular weight is 863 g/mol. The Hall–Kier alpha value is -7.76. The molecule has 1 atom stereocenters. The number of nitrogens with zero attached hydrogens (tertiary/aromatic N) is 2. The predicted octanol–water partition coefficient (Wildman–Crippen LogP) is 17.7. The molecule has 14 rings (SSSR count). The third-order valence-corrected chi connectivity index (χ3v) is 16.3. The highest BCUT2D eigenvalue weighted by Gasteiger charge is 2.52. The maximum absolute atomic E-state index is 2.52. The van der Waals surface area contributed by atoms with Gasteiger partial charge < -0.3 is 9.80 Å². The Bertz CT molecular complexity index is 3860. The molecule has 0 aliphatic heterocycles. The van der Waals surface area contributed by atoms with Crippen LogP contribution in [0.25, 0.3) is 62.6 Å². The van der Waals surface area contributed by atoms with Gasteiger partial charge in [0, 0.05) is 53.6 Å². The molecule has 0 bridgehead atoms.